The van der Waals surface area contributed by atoms with Crippen LogP contribution in [0.15, 0.2) is 63.8 Å². The van der Waals surface area contributed by atoms with Crippen LogP contribution in [0, 0.1) is 18.8 Å². The number of nitrogens with zero attached hydrogens (tertiary/aromatic N) is 1. The van der Waals surface area contributed by atoms with Gasteiger partial charge in [0.1, 0.15) is 17.9 Å². The van der Waals surface area contributed by atoms with E-state index in [-0.39, 0.29) is 5.63 Å². The Balaban J connectivity index is 1.57. The number of hydrogen-bond acceptors (Lipinski definition) is 4. The first kappa shape index (κ1) is 16.7. The monoisotopic (exact) mass is 333 g/mol. The van der Waals surface area contributed by atoms with E-state index in [1.54, 1.807) is 12.1 Å². The molecule has 0 N–H and O–H groups in total. The Labute approximate surface area is 146 Å². The van der Waals surface area contributed by atoms with Gasteiger partial charge in [0, 0.05) is 24.2 Å². The Morgan fingerprint density at radius 2 is 1.84 bits per heavy atom. The summed E-state index contributed by atoms with van der Waals surface area (Å²) in [5.41, 5.74) is 2.46. The lowest BCUT2D eigenvalue weighted by molar-refractivity contribution is 0.370. The minimum Gasteiger partial charge on any atom is -0.481 e. The largest absolute Gasteiger partial charge is 0.481 e. The second-order valence-corrected chi connectivity index (χ2v) is 5.79. The molecule has 2 aromatic carbocycles. The first-order chi connectivity index (χ1) is 12.1. The van der Waals surface area contributed by atoms with Gasteiger partial charge in [-0.15, -0.1) is 0 Å². The van der Waals surface area contributed by atoms with Gasteiger partial charge in [0.05, 0.1) is 6.54 Å². The summed E-state index contributed by atoms with van der Waals surface area (Å²) in [5, 5.41) is 0.889. The Morgan fingerprint density at radius 1 is 1.04 bits per heavy atom. The van der Waals surface area contributed by atoms with Crippen LogP contribution >= 0.6 is 0 Å². The van der Waals surface area contributed by atoms with Gasteiger partial charge in [-0.1, -0.05) is 29.5 Å². The van der Waals surface area contributed by atoms with Crippen LogP contribution < -0.4 is 15.3 Å². The van der Waals surface area contributed by atoms with E-state index < -0.39 is 0 Å². The standard InChI is InChI=1S/C21H19NO3/c1-16-5-9-19(10-6-16)24-14-4-3-13-22(2)18-8-11-20-17(15-18)7-12-21(23)25-20/h5-12,15H,13-14H2,1-2H3. The SMILES string of the molecule is Cc1ccc(OCC#CCN(C)c2ccc3oc(=O)ccc3c2)cc1. The number of rotatable bonds is 4. The molecule has 0 spiro atoms. The summed E-state index contributed by atoms with van der Waals surface area (Å²) in [6.07, 6.45) is 0. The molecule has 25 heavy (non-hydrogen) atoms. The van der Waals surface area contributed by atoms with Crippen LogP contribution in [0.4, 0.5) is 5.69 Å². The van der Waals surface area contributed by atoms with Crippen molar-refractivity contribution < 1.29 is 9.15 Å². The summed E-state index contributed by atoms with van der Waals surface area (Å²) >= 11 is 0. The molecular formula is C21H19NO3. The smallest absolute Gasteiger partial charge is 0.336 e. The van der Waals surface area contributed by atoms with E-state index in [9.17, 15) is 4.79 Å². The van der Waals surface area contributed by atoms with Crippen LogP contribution in [-0.2, 0) is 0 Å². The van der Waals surface area contributed by atoms with Gasteiger partial charge in [0.15, 0.2) is 0 Å². The number of fused-ring (bicyclic) bond motifs is 1. The van der Waals surface area contributed by atoms with E-state index in [1.165, 1.54) is 11.6 Å². The molecule has 0 saturated heterocycles. The zero-order valence-electron chi connectivity index (χ0n) is 14.3. The molecule has 1 heterocycles. The maximum absolute atomic E-state index is 11.2. The number of ether oxygens (including phenoxy) is 1. The van der Waals surface area contributed by atoms with Crippen molar-refractivity contribution in [3.8, 4) is 17.6 Å². The van der Waals surface area contributed by atoms with E-state index in [0.717, 1.165) is 16.8 Å². The molecule has 0 saturated carbocycles. The molecule has 0 aliphatic heterocycles. The van der Waals surface area contributed by atoms with Gasteiger partial charge in [-0.2, -0.15) is 0 Å². The summed E-state index contributed by atoms with van der Waals surface area (Å²) in [6, 6.07) is 16.8. The van der Waals surface area contributed by atoms with Gasteiger partial charge in [0.2, 0.25) is 0 Å². The van der Waals surface area contributed by atoms with Crippen molar-refractivity contribution in [3.63, 3.8) is 0 Å². The lowest BCUT2D eigenvalue weighted by atomic mass is 10.2. The van der Waals surface area contributed by atoms with Crippen LogP contribution in [0.25, 0.3) is 11.0 Å². The Morgan fingerprint density at radius 3 is 2.64 bits per heavy atom. The zero-order valence-corrected chi connectivity index (χ0v) is 14.3. The van der Waals surface area contributed by atoms with Gasteiger partial charge < -0.3 is 14.1 Å². The molecule has 4 nitrogen and oxygen atoms in total. The van der Waals surface area contributed by atoms with Crippen molar-refractivity contribution >= 4 is 16.7 Å². The van der Waals surface area contributed by atoms with Crippen LogP contribution in [-0.4, -0.2) is 20.2 Å². The average Bonchev–Trinajstić information content (AvgIpc) is 2.62. The summed E-state index contributed by atoms with van der Waals surface area (Å²) in [7, 11) is 1.97. The van der Waals surface area contributed by atoms with Crippen molar-refractivity contribution in [2.24, 2.45) is 0 Å². The van der Waals surface area contributed by atoms with Crippen molar-refractivity contribution in [3.05, 3.63) is 70.6 Å². The van der Waals surface area contributed by atoms with Crippen molar-refractivity contribution in [1.82, 2.24) is 0 Å². The van der Waals surface area contributed by atoms with Gasteiger partial charge in [-0.3, -0.25) is 0 Å². The van der Waals surface area contributed by atoms with Gasteiger partial charge >= 0.3 is 5.63 Å². The van der Waals surface area contributed by atoms with Crippen LogP contribution in [0.1, 0.15) is 5.56 Å². The summed E-state index contributed by atoms with van der Waals surface area (Å²) in [5.74, 6) is 6.94. The fourth-order valence-electron chi connectivity index (χ4n) is 2.37. The van der Waals surface area contributed by atoms with Crippen LogP contribution in [0.2, 0.25) is 0 Å². The van der Waals surface area contributed by atoms with Crippen molar-refractivity contribution in [2.75, 3.05) is 25.1 Å². The topological polar surface area (TPSA) is 42.7 Å². The van der Waals surface area contributed by atoms with Gasteiger partial charge in [-0.05, 0) is 43.3 Å². The number of anilines is 1. The van der Waals surface area contributed by atoms with Crippen molar-refractivity contribution in [2.45, 2.75) is 6.92 Å². The average molecular weight is 333 g/mol. The zero-order chi connectivity index (χ0) is 17.6. The highest BCUT2D eigenvalue weighted by Crippen LogP contribution is 2.20. The molecule has 0 bridgehead atoms. The lowest BCUT2D eigenvalue weighted by Gasteiger charge is -2.16. The number of aryl methyl sites for hydroxylation is 1. The fraction of sp³-hybridized carbons (Fsp3) is 0.190. The molecule has 4 heteroatoms. The highest BCUT2D eigenvalue weighted by Gasteiger charge is 2.02. The highest BCUT2D eigenvalue weighted by atomic mass is 16.5. The molecular weight excluding hydrogens is 314 g/mol. The second kappa shape index (κ2) is 7.59. The summed E-state index contributed by atoms with van der Waals surface area (Å²) < 4.78 is 10.7. The minimum atomic E-state index is -0.340. The maximum Gasteiger partial charge on any atom is 0.336 e. The normalized spacial score (nSPS) is 10.2. The molecule has 126 valence electrons. The molecule has 1 aromatic heterocycles. The molecule has 0 unspecified atom stereocenters. The predicted octanol–water partition coefficient (Wildman–Crippen LogP) is 3.62. The predicted molar refractivity (Wildman–Crippen MR) is 100 cm³/mol. The fourth-order valence-corrected chi connectivity index (χ4v) is 2.37. The first-order valence-corrected chi connectivity index (χ1v) is 8.02. The number of benzene rings is 2. The first-order valence-electron chi connectivity index (χ1n) is 8.02. The molecule has 0 fully saturated rings. The minimum absolute atomic E-state index is 0.340. The summed E-state index contributed by atoms with van der Waals surface area (Å²) in [4.78, 5) is 13.2. The third-order valence-electron chi connectivity index (χ3n) is 3.82. The molecule has 0 atom stereocenters. The molecule has 3 aromatic rings. The van der Waals surface area contributed by atoms with Crippen LogP contribution in [0.3, 0.4) is 0 Å². The Bertz CT molecular complexity index is 978. The quantitative estimate of drug-likeness (QED) is 0.540. The van der Waals surface area contributed by atoms with Crippen molar-refractivity contribution in [1.29, 1.82) is 0 Å². The second-order valence-electron chi connectivity index (χ2n) is 5.79. The molecule has 3 rings (SSSR count). The molecule has 0 amide bonds. The molecule has 0 aliphatic rings. The lowest BCUT2D eigenvalue weighted by Crippen LogP contribution is -2.17. The molecule has 0 radical (unpaired) electrons. The highest BCUT2D eigenvalue weighted by molar-refractivity contribution is 5.80. The van der Waals surface area contributed by atoms with Gasteiger partial charge in [-0.25, -0.2) is 4.79 Å². The number of hydrogen-bond donors (Lipinski definition) is 0. The van der Waals surface area contributed by atoms with E-state index in [2.05, 4.69) is 11.8 Å². The van der Waals surface area contributed by atoms with Gasteiger partial charge in [0.25, 0.3) is 0 Å². The Kier molecular flexibility index (Phi) is 5.06. The third kappa shape index (κ3) is 4.42. The molecule has 0 aliphatic carbocycles. The maximum atomic E-state index is 11.2. The third-order valence-corrected chi connectivity index (χ3v) is 3.82. The Hall–Kier alpha value is -3.19. The summed E-state index contributed by atoms with van der Waals surface area (Å²) in [6.45, 7) is 2.99. The van der Waals surface area contributed by atoms with E-state index >= 15 is 0 Å². The van der Waals surface area contributed by atoms with Crippen LogP contribution in [0.5, 0.6) is 5.75 Å². The van der Waals surface area contributed by atoms with E-state index in [1.807, 2.05) is 55.3 Å². The van der Waals surface area contributed by atoms with E-state index in [0.29, 0.717) is 18.7 Å². The van der Waals surface area contributed by atoms with E-state index in [4.69, 9.17) is 9.15 Å².